The number of aryl methyl sites for hydroxylation is 1. The van der Waals surface area contributed by atoms with E-state index in [-0.39, 0.29) is 11.7 Å². The number of hydrogen-bond donors (Lipinski definition) is 0. The lowest BCUT2D eigenvalue weighted by atomic mass is 9.99. The van der Waals surface area contributed by atoms with Gasteiger partial charge in [-0.3, -0.25) is 15.0 Å². The lowest BCUT2D eigenvalue weighted by molar-refractivity contribution is -0.384. The molecule has 174 valence electrons. The Morgan fingerprint density at radius 2 is 1.76 bits per heavy atom. The van der Waals surface area contributed by atoms with Gasteiger partial charge in [0, 0.05) is 60.3 Å². The average Bonchev–Trinajstić information content (AvgIpc) is 3.20. The van der Waals surface area contributed by atoms with Gasteiger partial charge < -0.3 is 18.8 Å². The summed E-state index contributed by atoms with van der Waals surface area (Å²) in [5.41, 5.74) is 2.74. The van der Waals surface area contributed by atoms with Crippen LogP contribution in [0.2, 0.25) is 5.02 Å². The Morgan fingerprint density at radius 1 is 1.03 bits per heavy atom. The molecule has 0 saturated carbocycles. The van der Waals surface area contributed by atoms with Crippen molar-refractivity contribution in [2.45, 2.75) is 25.6 Å². The molecule has 2 aromatic carbocycles. The van der Waals surface area contributed by atoms with E-state index < -0.39 is 4.92 Å². The molecule has 0 spiro atoms. The average molecular weight is 472 g/mol. The maximum absolute atomic E-state index is 11.3. The molecule has 8 nitrogen and oxygen atoms in total. The van der Waals surface area contributed by atoms with Crippen molar-refractivity contribution in [2.24, 2.45) is 0 Å². The van der Waals surface area contributed by atoms with Gasteiger partial charge in [-0.1, -0.05) is 11.6 Å². The minimum atomic E-state index is -0.401. The number of ether oxygens (including phenoxy) is 3. The Balaban J connectivity index is 1.85. The lowest BCUT2D eigenvalue weighted by Crippen LogP contribution is -2.30. The van der Waals surface area contributed by atoms with E-state index in [0.717, 1.165) is 30.8 Å². The number of non-ortho nitro benzene ring substituents is 1. The molecule has 0 radical (unpaired) electrons. The van der Waals surface area contributed by atoms with Crippen LogP contribution in [-0.2, 0) is 13.1 Å². The van der Waals surface area contributed by atoms with Crippen molar-refractivity contribution in [3.8, 4) is 17.2 Å². The summed E-state index contributed by atoms with van der Waals surface area (Å²) < 4.78 is 19.0. The number of aromatic nitrogens is 1. The van der Waals surface area contributed by atoms with Gasteiger partial charge in [-0.15, -0.1) is 0 Å². The van der Waals surface area contributed by atoms with Crippen LogP contribution in [0.15, 0.2) is 48.7 Å². The molecule has 0 N–H and O–H groups in total. The van der Waals surface area contributed by atoms with E-state index in [1.165, 1.54) is 6.07 Å². The fourth-order valence-corrected chi connectivity index (χ4v) is 4.62. The van der Waals surface area contributed by atoms with Crippen LogP contribution in [0.3, 0.4) is 0 Å². The number of halogens is 1. The molecule has 2 heterocycles. The van der Waals surface area contributed by atoms with Gasteiger partial charge in [0.15, 0.2) is 11.5 Å². The van der Waals surface area contributed by atoms with Gasteiger partial charge in [0.05, 0.1) is 32.3 Å². The standard InChI is InChI=1S/C24H26ClN3O5/c1-31-21-14-23(33-3)22(32-2)13-18(21)24-20-6-4-9-26(20)10-5-11-27(24)15-16-12-17(28(29)30)7-8-19(16)25/h4,6-9,12-14,24H,5,10-11,15H2,1-3H3/t24-/m0/s1. The fourth-order valence-electron chi connectivity index (χ4n) is 4.45. The van der Waals surface area contributed by atoms with E-state index in [9.17, 15) is 10.1 Å². The van der Waals surface area contributed by atoms with Gasteiger partial charge in [0.25, 0.3) is 5.69 Å². The van der Waals surface area contributed by atoms with Gasteiger partial charge >= 0.3 is 0 Å². The van der Waals surface area contributed by atoms with Crippen LogP contribution < -0.4 is 14.2 Å². The summed E-state index contributed by atoms with van der Waals surface area (Å²) in [6, 6.07) is 12.3. The third kappa shape index (κ3) is 4.49. The molecule has 1 aliphatic rings. The monoisotopic (exact) mass is 471 g/mol. The highest BCUT2D eigenvalue weighted by Gasteiger charge is 2.31. The summed E-state index contributed by atoms with van der Waals surface area (Å²) in [5, 5.41) is 11.8. The Hall–Kier alpha value is -3.23. The smallest absolute Gasteiger partial charge is 0.269 e. The first-order valence-corrected chi connectivity index (χ1v) is 11.0. The molecule has 0 fully saturated rings. The predicted octanol–water partition coefficient (Wildman–Crippen LogP) is 5.07. The minimum absolute atomic E-state index is 0.0212. The first-order valence-electron chi connectivity index (χ1n) is 10.6. The number of hydrogen-bond acceptors (Lipinski definition) is 6. The number of methoxy groups -OCH3 is 3. The zero-order valence-corrected chi connectivity index (χ0v) is 19.5. The fraction of sp³-hybridized carbons (Fsp3) is 0.333. The molecule has 33 heavy (non-hydrogen) atoms. The normalized spacial score (nSPS) is 16.1. The van der Waals surface area contributed by atoms with Gasteiger partial charge in [-0.25, -0.2) is 0 Å². The van der Waals surface area contributed by atoms with Gasteiger partial charge in [-0.2, -0.15) is 0 Å². The summed E-state index contributed by atoms with van der Waals surface area (Å²) in [6.07, 6.45) is 2.99. The summed E-state index contributed by atoms with van der Waals surface area (Å²) in [7, 11) is 4.82. The summed E-state index contributed by atoms with van der Waals surface area (Å²) >= 11 is 6.46. The van der Waals surface area contributed by atoms with Crippen molar-refractivity contribution < 1.29 is 19.1 Å². The molecule has 0 unspecified atom stereocenters. The summed E-state index contributed by atoms with van der Waals surface area (Å²) in [4.78, 5) is 13.2. The van der Waals surface area contributed by atoms with Gasteiger partial charge in [0.2, 0.25) is 0 Å². The van der Waals surface area contributed by atoms with Crippen molar-refractivity contribution in [1.82, 2.24) is 9.47 Å². The predicted molar refractivity (Wildman–Crippen MR) is 126 cm³/mol. The topological polar surface area (TPSA) is 79.0 Å². The second-order valence-electron chi connectivity index (χ2n) is 7.83. The number of rotatable bonds is 7. The molecule has 9 heteroatoms. The number of fused-ring (bicyclic) bond motifs is 1. The van der Waals surface area contributed by atoms with Crippen molar-refractivity contribution >= 4 is 17.3 Å². The molecule has 0 amide bonds. The summed E-state index contributed by atoms with van der Waals surface area (Å²) in [6.45, 7) is 2.07. The Morgan fingerprint density at radius 3 is 2.45 bits per heavy atom. The summed E-state index contributed by atoms with van der Waals surface area (Å²) in [5.74, 6) is 1.85. The molecule has 0 aliphatic carbocycles. The molecule has 0 saturated heterocycles. The van der Waals surface area contributed by atoms with Crippen molar-refractivity contribution in [3.63, 3.8) is 0 Å². The zero-order chi connectivity index (χ0) is 23.5. The molecule has 1 aromatic heterocycles. The van der Waals surface area contributed by atoms with E-state index in [2.05, 4.69) is 21.7 Å². The van der Waals surface area contributed by atoms with Crippen LogP contribution in [0.5, 0.6) is 17.2 Å². The second-order valence-corrected chi connectivity index (χ2v) is 8.24. The highest BCUT2D eigenvalue weighted by Crippen LogP contribution is 2.43. The first kappa shape index (κ1) is 22.9. The SMILES string of the molecule is COc1cc(OC)c([C@H]2c3cccn3CCCN2Cc2cc([N+](=O)[O-])ccc2Cl)cc1OC. The second kappa shape index (κ2) is 9.72. The highest BCUT2D eigenvalue weighted by molar-refractivity contribution is 6.31. The molecule has 1 aliphatic heterocycles. The Kier molecular flexibility index (Phi) is 6.76. The molecular weight excluding hydrogens is 446 g/mol. The van der Waals surface area contributed by atoms with Crippen LogP contribution in [0.25, 0.3) is 0 Å². The maximum atomic E-state index is 11.3. The quantitative estimate of drug-likeness (QED) is 0.353. The Bertz CT molecular complexity index is 1160. The number of nitrogens with zero attached hydrogens (tertiary/aromatic N) is 3. The van der Waals surface area contributed by atoms with Crippen LogP contribution in [-0.4, -0.2) is 42.3 Å². The number of benzene rings is 2. The van der Waals surface area contributed by atoms with Crippen LogP contribution in [0.1, 0.15) is 29.3 Å². The largest absolute Gasteiger partial charge is 0.496 e. The van der Waals surface area contributed by atoms with E-state index in [1.807, 2.05) is 18.2 Å². The van der Waals surface area contributed by atoms with Crippen LogP contribution in [0, 0.1) is 10.1 Å². The molecule has 0 bridgehead atoms. The van der Waals surface area contributed by atoms with E-state index >= 15 is 0 Å². The number of nitro groups is 1. The van der Waals surface area contributed by atoms with Crippen molar-refractivity contribution in [2.75, 3.05) is 27.9 Å². The van der Waals surface area contributed by atoms with Crippen LogP contribution in [0.4, 0.5) is 5.69 Å². The van der Waals surface area contributed by atoms with Gasteiger partial charge in [0.1, 0.15) is 5.75 Å². The molecule has 4 rings (SSSR count). The van der Waals surface area contributed by atoms with Crippen molar-refractivity contribution in [3.05, 3.63) is 80.6 Å². The van der Waals surface area contributed by atoms with E-state index in [4.69, 9.17) is 25.8 Å². The van der Waals surface area contributed by atoms with Gasteiger partial charge in [-0.05, 0) is 36.2 Å². The molecule has 3 aromatic rings. The van der Waals surface area contributed by atoms with Crippen molar-refractivity contribution in [1.29, 1.82) is 0 Å². The van der Waals surface area contributed by atoms with E-state index in [0.29, 0.717) is 34.4 Å². The zero-order valence-electron chi connectivity index (χ0n) is 18.8. The van der Waals surface area contributed by atoms with E-state index in [1.54, 1.807) is 33.5 Å². The minimum Gasteiger partial charge on any atom is -0.496 e. The molecular formula is C24H26ClN3O5. The third-order valence-electron chi connectivity index (χ3n) is 6.00. The number of nitro benzene ring substituents is 1. The third-order valence-corrected chi connectivity index (χ3v) is 6.37. The Labute approximate surface area is 197 Å². The maximum Gasteiger partial charge on any atom is 0.269 e. The van der Waals surface area contributed by atoms with Crippen LogP contribution >= 0.6 is 11.6 Å². The molecule has 1 atom stereocenters. The highest BCUT2D eigenvalue weighted by atomic mass is 35.5. The lowest BCUT2D eigenvalue weighted by Gasteiger charge is -2.32. The first-order chi connectivity index (χ1) is 16.0.